The SMILES string of the molecule is CC[C@H]1OC(=O)[C@H](C)C(=O)[C@H](C)[C@@H](OC2O[C@H](C)C[C@H](C)[C@H]2O)C(C)(C)C[C@@H](C)C(=O)[C@H](C)[C@H]2N(CCCCn3cnc(-c4cccnc4)c3)C(=O)O[C@]12CC. The fraction of sp³-hybridized carbons (Fsp3) is 0.721. The van der Waals surface area contributed by atoms with Crippen molar-refractivity contribution >= 4 is 23.6 Å². The van der Waals surface area contributed by atoms with Crippen LogP contribution < -0.4 is 0 Å². The van der Waals surface area contributed by atoms with Gasteiger partial charge in [0.25, 0.3) is 0 Å². The average Bonchev–Trinajstić information content (AvgIpc) is 3.76. The molecule has 5 heterocycles. The van der Waals surface area contributed by atoms with Crippen molar-refractivity contribution in [1.29, 1.82) is 0 Å². The molecule has 13 nitrogen and oxygen atoms in total. The molecule has 0 radical (unpaired) electrons. The number of hydrogen-bond donors (Lipinski definition) is 1. The second kappa shape index (κ2) is 17.9. The van der Waals surface area contributed by atoms with Gasteiger partial charge in [-0.25, -0.2) is 9.78 Å². The zero-order valence-corrected chi connectivity index (χ0v) is 35.0. The van der Waals surface area contributed by atoms with E-state index in [4.69, 9.17) is 18.9 Å². The van der Waals surface area contributed by atoms with Crippen LogP contribution in [0.2, 0.25) is 0 Å². The summed E-state index contributed by atoms with van der Waals surface area (Å²) in [6.07, 6.45) is 5.87. The highest BCUT2D eigenvalue weighted by Crippen LogP contribution is 2.45. The number of aliphatic hydroxyl groups is 1. The fourth-order valence-electron chi connectivity index (χ4n) is 9.64. The lowest BCUT2D eigenvalue weighted by molar-refractivity contribution is -0.284. The van der Waals surface area contributed by atoms with E-state index in [-0.39, 0.29) is 23.6 Å². The number of fused-ring (bicyclic) bond motifs is 1. The van der Waals surface area contributed by atoms with Gasteiger partial charge in [0.15, 0.2) is 17.7 Å². The second-order valence-electron chi connectivity index (χ2n) is 17.4. The predicted octanol–water partition coefficient (Wildman–Crippen LogP) is 6.65. The van der Waals surface area contributed by atoms with E-state index in [0.717, 1.165) is 17.7 Å². The number of amides is 1. The first-order valence-corrected chi connectivity index (χ1v) is 20.6. The molecule has 2 aromatic heterocycles. The number of rotatable bonds is 10. The van der Waals surface area contributed by atoms with Crippen molar-refractivity contribution in [1.82, 2.24) is 19.4 Å². The summed E-state index contributed by atoms with van der Waals surface area (Å²) in [5.41, 5.74) is -0.354. The number of aliphatic hydroxyl groups excluding tert-OH is 1. The number of pyridine rings is 1. The summed E-state index contributed by atoms with van der Waals surface area (Å²) in [7, 11) is 0. The van der Waals surface area contributed by atoms with Crippen molar-refractivity contribution in [3.63, 3.8) is 0 Å². The maximum Gasteiger partial charge on any atom is 0.410 e. The van der Waals surface area contributed by atoms with Gasteiger partial charge >= 0.3 is 12.1 Å². The molecule has 3 aliphatic rings. The summed E-state index contributed by atoms with van der Waals surface area (Å²) in [4.78, 5) is 67.2. The van der Waals surface area contributed by atoms with Crippen molar-refractivity contribution < 1.29 is 43.2 Å². The molecule has 310 valence electrons. The van der Waals surface area contributed by atoms with Crippen LogP contribution >= 0.6 is 0 Å². The minimum absolute atomic E-state index is 0.0638. The number of aromatic nitrogens is 3. The first-order chi connectivity index (χ1) is 26.4. The molecule has 1 amide bonds. The number of cyclic esters (lactones) is 1. The number of carbonyl (C=O) groups is 4. The Morgan fingerprint density at radius 1 is 0.982 bits per heavy atom. The molecule has 0 spiro atoms. The summed E-state index contributed by atoms with van der Waals surface area (Å²) in [6.45, 7) is 19.5. The van der Waals surface area contributed by atoms with E-state index >= 15 is 0 Å². The highest BCUT2D eigenvalue weighted by Gasteiger charge is 2.61. The number of imidazole rings is 1. The third kappa shape index (κ3) is 8.89. The molecule has 0 saturated carbocycles. The minimum atomic E-state index is -1.32. The van der Waals surface area contributed by atoms with Crippen LogP contribution in [0.3, 0.4) is 0 Å². The molecule has 0 bridgehead atoms. The molecule has 3 aliphatic heterocycles. The van der Waals surface area contributed by atoms with Gasteiger partial charge < -0.3 is 33.5 Å². The average molecular weight is 781 g/mol. The lowest BCUT2D eigenvalue weighted by atomic mass is 9.68. The van der Waals surface area contributed by atoms with Gasteiger partial charge in [-0.3, -0.25) is 19.4 Å². The second-order valence-corrected chi connectivity index (χ2v) is 17.4. The Morgan fingerprint density at radius 3 is 2.36 bits per heavy atom. The van der Waals surface area contributed by atoms with Crippen LogP contribution in [-0.2, 0) is 39.9 Å². The number of nitrogens with zero attached hydrogens (tertiary/aromatic N) is 4. The molecule has 1 unspecified atom stereocenters. The van der Waals surface area contributed by atoms with Gasteiger partial charge in [-0.1, -0.05) is 55.4 Å². The van der Waals surface area contributed by atoms with Crippen molar-refractivity contribution in [2.24, 2.45) is 35.0 Å². The lowest BCUT2D eigenvalue weighted by Gasteiger charge is -2.46. The molecular formula is C43H64N4O9. The van der Waals surface area contributed by atoms with Gasteiger partial charge in [-0.2, -0.15) is 0 Å². The Hall–Kier alpha value is -3.68. The molecule has 12 atom stereocenters. The Balaban J connectivity index is 1.43. The smallest absolute Gasteiger partial charge is 0.410 e. The first kappa shape index (κ1) is 43.4. The monoisotopic (exact) mass is 780 g/mol. The van der Waals surface area contributed by atoms with Gasteiger partial charge in [0.2, 0.25) is 0 Å². The Bertz CT molecular complexity index is 1680. The third-order valence-corrected chi connectivity index (χ3v) is 12.6. The summed E-state index contributed by atoms with van der Waals surface area (Å²) in [5, 5.41) is 11.1. The van der Waals surface area contributed by atoms with Gasteiger partial charge in [-0.15, -0.1) is 0 Å². The van der Waals surface area contributed by atoms with E-state index in [1.807, 2.05) is 78.3 Å². The summed E-state index contributed by atoms with van der Waals surface area (Å²) in [5.74, 6) is -4.41. The normalized spacial score (nSPS) is 35.8. The number of ketones is 2. The number of Topliss-reactive ketones (excluding diaryl/α,β-unsaturated/α-hetero) is 2. The molecule has 13 heteroatoms. The van der Waals surface area contributed by atoms with Gasteiger partial charge in [0, 0.05) is 55.0 Å². The summed E-state index contributed by atoms with van der Waals surface area (Å²) < 4.78 is 27.2. The van der Waals surface area contributed by atoms with Crippen LogP contribution in [0, 0.1) is 35.0 Å². The molecule has 5 rings (SSSR count). The highest BCUT2D eigenvalue weighted by atomic mass is 16.7. The minimum Gasteiger partial charge on any atom is -0.457 e. The number of unbranched alkanes of at least 4 members (excludes halogenated alkanes) is 1. The van der Waals surface area contributed by atoms with Crippen molar-refractivity contribution in [2.45, 2.75) is 157 Å². The van der Waals surface area contributed by atoms with Gasteiger partial charge in [-0.05, 0) is 75.8 Å². The molecule has 56 heavy (non-hydrogen) atoms. The van der Waals surface area contributed by atoms with E-state index in [9.17, 15) is 24.3 Å². The number of aryl methyl sites for hydroxylation is 1. The number of hydrogen-bond acceptors (Lipinski definition) is 11. The predicted molar refractivity (Wildman–Crippen MR) is 209 cm³/mol. The van der Waals surface area contributed by atoms with E-state index < -0.39 is 77.4 Å². The van der Waals surface area contributed by atoms with E-state index in [0.29, 0.717) is 45.2 Å². The maximum absolute atomic E-state index is 14.7. The first-order valence-electron chi connectivity index (χ1n) is 20.6. The zero-order chi connectivity index (χ0) is 41.1. The van der Waals surface area contributed by atoms with Crippen LogP contribution in [0.4, 0.5) is 4.79 Å². The van der Waals surface area contributed by atoms with Crippen molar-refractivity contribution in [2.75, 3.05) is 6.54 Å². The number of carbonyl (C=O) groups excluding carboxylic acids is 4. The summed E-state index contributed by atoms with van der Waals surface area (Å²) >= 11 is 0. The lowest BCUT2D eigenvalue weighted by Crippen LogP contribution is -2.59. The number of ether oxygens (including phenoxy) is 4. The topological polar surface area (TPSA) is 159 Å². The molecule has 1 N–H and O–H groups in total. The van der Waals surface area contributed by atoms with Crippen LogP contribution in [-0.4, -0.2) is 97.1 Å². The molecular weight excluding hydrogens is 716 g/mol. The molecule has 3 fully saturated rings. The van der Waals surface area contributed by atoms with E-state index in [1.165, 1.54) is 6.92 Å². The molecule has 0 aliphatic carbocycles. The Morgan fingerprint density at radius 2 is 1.70 bits per heavy atom. The fourth-order valence-corrected chi connectivity index (χ4v) is 9.64. The highest BCUT2D eigenvalue weighted by molar-refractivity contribution is 6.00. The Labute approximate surface area is 332 Å². The van der Waals surface area contributed by atoms with Gasteiger partial charge in [0.1, 0.15) is 23.9 Å². The standard InChI is InChI=1S/C43H64N4O9/c1-11-33-43(12-2)37(47(41(52)56-43)19-14-13-18-46-23-32(45-24-46)31-16-15-17-44-22-31)28(6)34(48)26(4)21-42(9,10)38(29(7)36(50)30(8)39(51)54-33)55-40-35(49)25(3)20-27(5)53-40/h15-17,22-30,33,35,37-38,40,49H,11-14,18-21H2,1-10H3/t25-,26+,27+,28-,29-,30+,33+,35+,37+,38+,40?,43+/m0/s1. The van der Waals surface area contributed by atoms with Crippen LogP contribution in [0.15, 0.2) is 37.1 Å². The van der Waals surface area contributed by atoms with E-state index in [2.05, 4.69) is 9.97 Å². The maximum atomic E-state index is 14.7. The zero-order valence-electron chi connectivity index (χ0n) is 35.0. The van der Waals surface area contributed by atoms with Crippen LogP contribution in [0.5, 0.6) is 0 Å². The third-order valence-electron chi connectivity index (χ3n) is 12.6. The molecule has 3 saturated heterocycles. The van der Waals surface area contributed by atoms with Crippen LogP contribution in [0.1, 0.15) is 108 Å². The molecule has 2 aromatic rings. The van der Waals surface area contributed by atoms with Gasteiger partial charge in [0.05, 0.1) is 30.3 Å². The van der Waals surface area contributed by atoms with Crippen molar-refractivity contribution in [3.05, 3.63) is 37.1 Å². The summed E-state index contributed by atoms with van der Waals surface area (Å²) in [6, 6.07) is 3.10. The van der Waals surface area contributed by atoms with Crippen molar-refractivity contribution in [3.8, 4) is 11.3 Å². The quantitative estimate of drug-likeness (QED) is 0.156. The van der Waals surface area contributed by atoms with Crippen LogP contribution in [0.25, 0.3) is 11.3 Å². The Kier molecular flexibility index (Phi) is 13.8. The molecule has 0 aromatic carbocycles. The largest absolute Gasteiger partial charge is 0.457 e. The van der Waals surface area contributed by atoms with E-state index in [1.54, 1.807) is 30.5 Å². The number of esters is 1.